The zero-order chi connectivity index (χ0) is 19.6. The minimum absolute atomic E-state index is 0.0165. The Kier molecular flexibility index (Phi) is 7.26. The van der Waals surface area contributed by atoms with Crippen LogP contribution in [0.3, 0.4) is 0 Å². The van der Waals surface area contributed by atoms with Crippen LogP contribution < -0.4 is 5.32 Å². The van der Waals surface area contributed by atoms with Crippen LogP contribution in [0.4, 0.5) is 10.5 Å². The number of carbonyl (C=O) groups excluding carboxylic acids is 2. The number of aliphatic hydroxyl groups is 1. The average molecular weight is 374 g/mol. The maximum Gasteiger partial charge on any atom is 0.408 e. The van der Waals surface area contributed by atoms with Crippen molar-refractivity contribution in [3.05, 3.63) is 75.8 Å². The summed E-state index contributed by atoms with van der Waals surface area (Å²) in [5.41, 5.74) is 1.22. The minimum Gasteiger partial charge on any atom is -0.459 e. The highest BCUT2D eigenvalue weighted by Gasteiger charge is 2.22. The second-order valence-electron chi connectivity index (χ2n) is 5.47. The van der Waals surface area contributed by atoms with E-state index in [1.54, 1.807) is 24.3 Å². The summed E-state index contributed by atoms with van der Waals surface area (Å²) in [6, 6.07) is 13.1. The summed E-state index contributed by atoms with van der Waals surface area (Å²) in [6.45, 7) is -0.809. The van der Waals surface area contributed by atoms with Gasteiger partial charge in [-0.25, -0.2) is 9.59 Å². The molecule has 0 aliphatic carbocycles. The van der Waals surface area contributed by atoms with Crippen molar-refractivity contribution < 1.29 is 29.1 Å². The van der Waals surface area contributed by atoms with Crippen LogP contribution in [0.1, 0.15) is 11.1 Å². The van der Waals surface area contributed by atoms with Crippen LogP contribution in [0.15, 0.2) is 54.6 Å². The second kappa shape index (κ2) is 9.88. The first-order valence-corrected chi connectivity index (χ1v) is 7.97. The third kappa shape index (κ3) is 6.40. The monoisotopic (exact) mass is 374 g/mol. The standard InChI is InChI=1S/C18H18N2O7/c21-10-16(19-18(23)27-12-13-4-2-1-3-5-13)17(22)26-11-14-6-8-15(9-7-14)20(24)25/h1-9,16,21H,10-12H2,(H,19,23)/t16-/m1/s1. The summed E-state index contributed by atoms with van der Waals surface area (Å²) in [5.74, 6) is -0.854. The van der Waals surface area contributed by atoms with Gasteiger partial charge in [-0.05, 0) is 23.3 Å². The Balaban J connectivity index is 1.80. The maximum absolute atomic E-state index is 12.0. The first-order chi connectivity index (χ1) is 13.0. The van der Waals surface area contributed by atoms with Crippen LogP contribution in [0.25, 0.3) is 0 Å². The van der Waals surface area contributed by atoms with Crippen LogP contribution in [-0.4, -0.2) is 34.7 Å². The number of rotatable bonds is 8. The van der Waals surface area contributed by atoms with E-state index in [0.717, 1.165) is 5.56 Å². The van der Waals surface area contributed by atoms with Gasteiger partial charge in [-0.3, -0.25) is 10.1 Å². The molecule has 9 nitrogen and oxygen atoms in total. The molecule has 0 radical (unpaired) electrons. The van der Waals surface area contributed by atoms with Crippen LogP contribution in [0.5, 0.6) is 0 Å². The van der Waals surface area contributed by atoms with Crippen molar-refractivity contribution in [3.8, 4) is 0 Å². The summed E-state index contributed by atoms with van der Waals surface area (Å²) in [5, 5.41) is 22.1. The van der Waals surface area contributed by atoms with E-state index in [1.807, 2.05) is 6.07 Å². The zero-order valence-corrected chi connectivity index (χ0v) is 14.2. The minimum atomic E-state index is -1.29. The predicted molar refractivity (Wildman–Crippen MR) is 93.5 cm³/mol. The summed E-state index contributed by atoms with van der Waals surface area (Å²) >= 11 is 0. The van der Waals surface area contributed by atoms with E-state index in [9.17, 15) is 24.8 Å². The molecule has 2 aromatic carbocycles. The molecule has 0 saturated heterocycles. The molecular formula is C18H18N2O7. The Bertz CT molecular complexity index is 778. The van der Waals surface area contributed by atoms with Crippen LogP contribution in [0.2, 0.25) is 0 Å². The molecule has 1 amide bonds. The quantitative estimate of drug-likeness (QED) is 0.410. The lowest BCUT2D eigenvalue weighted by Gasteiger charge is -2.15. The Labute approximate surface area is 154 Å². The van der Waals surface area contributed by atoms with Gasteiger partial charge in [0.05, 0.1) is 11.5 Å². The normalized spacial score (nSPS) is 11.3. The molecule has 2 N–H and O–H groups in total. The molecular weight excluding hydrogens is 356 g/mol. The number of hydrogen-bond donors (Lipinski definition) is 2. The topological polar surface area (TPSA) is 128 Å². The van der Waals surface area contributed by atoms with E-state index in [4.69, 9.17) is 9.47 Å². The number of amides is 1. The van der Waals surface area contributed by atoms with Crippen molar-refractivity contribution in [1.29, 1.82) is 0 Å². The number of non-ortho nitro benzene ring substituents is 1. The molecule has 0 bridgehead atoms. The molecule has 9 heteroatoms. The van der Waals surface area contributed by atoms with Gasteiger partial charge < -0.3 is 19.9 Å². The van der Waals surface area contributed by atoms with Crippen molar-refractivity contribution >= 4 is 17.7 Å². The molecule has 2 rings (SSSR count). The van der Waals surface area contributed by atoms with Crippen LogP contribution in [0, 0.1) is 10.1 Å². The van der Waals surface area contributed by atoms with Crippen molar-refractivity contribution in [1.82, 2.24) is 5.32 Å². The van der Waals surface area contributed by atoms with Gasteiger partial charge in [0.1, 0.15) is 13.2 Å². The molecule has 0 unspecified atom stereocenters. The van der Waals surface area contributed by atoms with Gasteiger partial charge in [0.15, 0.2) is 6.04 Å². The number of nitro groups is 1. The van der Waals surface area contributed by atoms with Crippen LogP contribution >= 0.6 is 0 Å². The lowest BCUT2D eigenvalue weighted by Crippen LogP contribution is -2.44. The number of alkyl carbamates (subject to hydrolysis) is 1. The summed E-state index contributed by atoms with van der Waals surface area (Å²) in [4.78, 5) is 33.8. The Hall–Kier alpha value is -3.46. The summed E-state index contributed by atoms with van der Waals surface area (Å²) in [6.07, 6.45) is -0.870. The van der Waals surface area contributed by atoms with Crippen molar-refractivity contribution in [2.45, 2.75) is 19.3 Å². The number of hydrogen-bond acceptors (Lipinski definition) is 7. The van der Waals surface area contributed by atoms with Crippen molar-refractivity contribution in [2.24, 2.45) is 0 Å². The second-order valence-corrected chi connectivity index (χ2v) is 5.47. The van der Waals surface area contributed by atoms with Crippen molar-refractivity contribution in [3.63, 3.8) is 0 Å². The van der Waals surface area contributed by atoms with Gasteiger partial charge in [-0.15, -0.1) is 0 Å². The molecule has 27 heavy (non-hydrogen) atoms. The number of carbonyl (C=O) groups is 2. The number of nitro benzene ring substituents is 1. The highest BCUT2D eigenvalue weighted by atomic mass is 16.6. The van der Waals surface area contributed by atoms with Crippen LogP contribution in [-0.2, 0) is 27.5 Å². The highest BCUT2D eigenvalue weighted by Crippen LogP contribution is 2.12. The molecule has 0 fully saturated rings. The average Bonchev–Trinajstić information content (AvgIpc) is 2.69. The van der Waals surface area contributed by atoms with Gasteiger partial charge >= 0.3 is 12.1 Å². The lowest BCUT2D eigenvalue weighted by molar-refractivity contribution is -0.384. The molecule has 1 atom stereocenters. The Morgan fingerprint density at radius 3 is 2.19 bits per heavy atom. The molecule has 0 saturated carbocycles. The Morgan fingerprint density at radius 1 is 1.00 bits per heavy atom. The molecule has 0 aliphatic heterocycles. The molecule has 0 spiro atoms. The van der Waals surface area contributed by atoms with Gasteiger partial charge in [0.2, 0.25) is 0 Å². The van der Waals surface area contributed by atoms with Gasteiger partial charge in [0.25, 0.3) is 5.69 Å². The number of aliphatic hydroxyl groups excluding tert-OH is 1. The lowest BCUT2D eigenvalue weighted by atomic mass is 10.2. The van der Waals surface area contributed by atoms with Gasteiger partial charge in [-0.2, -0.15) is 0 Å². The first kappa shape index (κ1) is 19.9. The van der Waals surface area contributed by atoms with E-state index in [2.05, 4.69) is 5.32 Å². The van der Waals surface area contributed by atoms with Gasteiger partial charge in [-0.1, -0.05) is 30.3 Å². The highest BCUT2D eigenvalue weighted by molar-refractivity contribution is 5.81. The number of esters is 1. The Morgan fingerprint density at radius 2 is 1.59 bits per heavy atom. The predicted octanol–water partition coefficient (Wildman–Crippen LogP) is 1.93. The number of ether oxygens (including phenoxy) is 2. The molecule has 142 valence electrons. The van der Waals surface area contributed by atoms with E-state index >= 15 is 0 Å². The summed E-state index contributed by atoms with van der Waals surface area (Å²) < 4.78 is 9.98. The fourth-order valence-electron chi connectivity index (χ4n) is 2.06. The fourth-order valence-corrected chi connectivity index (χ4v) is 2.06. The molecule has 2 aromatic rings. The number of nitrogens with one attached hydrogen (secondary N) is 1. The molecule has 0 aliphatic rings. The third-order valence-electron chi connectivity index (χ3n) is 3.50. The maximum atomic E-state index is 12.0. The summed E-state index contributed by atoms with van der Waals surface area (Å²) in [7, 11) is 0. The SMILES string of the molecule is O=C(N[C@H](CO)C(=O)OCc1ccc([N+](=O)[O-])cc1)OCc1ccccc1. The van der Waals surface area contributed by atoms with E-state index in [0.29, 0.717) is 5.56 Å². The number of benzene rings is 2. The van der Waals surface area contributed by atoms with Crippen molar-refractivity contribution in [2.75, 3.05) is 6.61 Å². The largest absolute Gasteiger partial charge is 0.459 e. The van der Waals surface area contributed by atoms with E-state index in [1.165, 1.54) is 24.3 Å². The molecule has 0 heterocycles. The fraction of sp³-hybridized carbons (Fsp3) is 0.222. The molecule has 0 aromatic heterocycles. The van der Waals surface area contributed by atoms with Gasteiger partial charge in [0, 0.05) is 12.1 Å². The van der Waals surface area contributed by atoms with E-state index < -0.39 is 29.6 Å². The van der Waals surface area contributed by atoms with E-state index in [-0.39, 0.29) is 18.9 Å². The smallest absolute Gasteiger partial charge is 0.408 e. The third-order valence-corrected chi connectivity index (χ3v) is 3.50. The number of nitrogens with zero attached hydrogens (tertiary/aromatic N) is 1. The zero-order valence-electron chi connectivity index (χ0n) is 14.2. The first-order valence-electron chi connectivity index (χ1n) is 7.97.